The average Bonchev–Trinajstić information content (AvgIpc) is 3.16. The van der Waals surface area contributed by atoms with Gasteiger partial charge in [0.2, 0.25) is 5.88 Å². The predicted octanol–water partition coefficient (Wildman–Crippen LogP) is 3.23. The summed E-state index contributed by atoms with van der Waals surface area (Å²) >= 11 is 6.55. The molecule has 1 atom stereocenters. The topological polar surface area (TPSA) is 105 Å². The lowest BCUT2D eigenvalue weighted by Crippen LogP contribution is -2.45. The molecule has 2 aromatic heterocycles. The Bertz CT molecular complexity index is 1250. The molecule has 1 aliphatic heterocycles. The van der Waals surface area contributed by atoms with E-state index in [-0.39, 0.29) is 45.4 Å². The van der Waals surface area contributed by atoms with Crippen LogP contribution in [0.1, 0.15) is 28.9 Å². The van der Waals surface area contributed by atoms with E-state index in [9.17, 15) is 13.6 Å². The number of piperidine rings is 1. The predicted molar refractivity (Wildman–Crippen MR) is 116 cm³/mol. The zero-order chi connectivity index (χ0) is 23.5. The van der Waals surface area contributed by atoms with Crippen molar-refractivity contribution in [1.82, 2.24) is 25.2 Å². The van der Waals surface area contributed by atoms with Crippen molar-refractivity contribution in [3.63, 3.8) is 0 Å². The molecule has 1 saturated heterocycles. The Hall–Kier alpha value is -3.55. The van der Waals surface area contributed by atoms with Gasteiger partial charge >= 0.3 is 0 Å². The minimum Gasteiger partial charge on any atom is -0.479 e. The maximum Gasteiger partial charge on any atom is 0.273 e. The number of carbonyl (C=O) groups excluding carboxylic acids is 1. The Kier molecular flexibility index (Phi) is 6.53. The monoisotopic (exact) mass is 472 g/mol. The summed E-state index contributed by atoms with van der Waals surface area (Å²) in [4.78, 5) is 21.2. The van der Waals surface area contributed by atoms with Crippen molar-refractivity contribution in [3.05, 3.63) is 58.5 Å². The molecular formula is C22H19ClF2N6O2. The Morgan fingerprint density at radius 3 is 2.82 bits per heavy atom. The van der Waals surface area contributed by atoms with Crippen LogP contribution in [0.15, 0.2) is 30.5 Å². The molecule has 3 aromatic rings. The summed E-state index contributed by atoms with van der Waals surface area (Å²) in [6.07, 6.45) is 3.02. The Balaban J connectivity index is 1.82. The van der Waals surface area contributed by atoms with Crippen LogP contribution < -0.4 is 15.4 Å². The first kappa shape index (κ1) is 22.6. The van der Waals surface area contributed by atoms with E-state index >= 15 is 0 Å². The summed E-state index contributed by atoms with van der Waals surface area (Å²) in [5.41, 5.74) is 0.146. The molecule has 0 bridgehead atoms. The lowest BCUT2D eigenvalue weighted by Gasteiger charge is -2.23. The van der Waals surface area contributed by atoms with Crippen molar-refractivity contribution in [1.29, 1.82) is 5.26 Å². The van der Waals surface area contributed by atoms with Crippen LogP contribution in [0.3, 0.4) is 0 Å². The van der Waals surface area contributed by atoms with E-state index in [4.69, 9.17) is 21.6 Å². The fourth-order valence-corrected chi connectivity index (χ4v) is 3.94. The number of amides is 1. The van der Waals surface area contributed by atoms with E-state index < -0.39 is 17.5 Å². The molecule has 2 N–H and O–H groups in total. The zero-order valence-electron chi connectivity index (χ0n) is 17.5. The molecule has 1 fully saturated rings. The van der Waals surface area contributed by atoms with Crippen molar-refractivity contribution in [2.45, 2.75) is 18.9 Å². The number of nitrogens with one attached hydrogen (secondary N) is 2. The largest absolute Gasteiger partial charge is 0.479 e. The molecule has 170 valence electrons. The Morgan fingerprint density at radius 2 is 2.18 bits per heavy atom. The smallest absolute Gasteiger partial charge is 0.273 e. The fourth-order valence-electron chi connectivity index (χ4n) is 3.64. The van der Waals surface area contributed by atoms with Crippen molar-refractivity contribution >= 4 is 17.5 Å². The fraction of sp³-hybridized carbons (Fsp3) is 0.273. The lowest BCUT2D eigenvalue weighted by atomic mass is 10.1. The number of rotatable bonds is 5. The number of ether oxygens (including phenoxy) is 1. The van der Waals surface area contributed by atoms with Crippen molar-refractivity contribution < 1.29 is 18.3 Å². The maximum absolute atomic E-state index is 14.4. The number of methoxy groups -OCH3 is 1. The van der Waals surface area contributed by atoms with Crippen LogP contribution in [0.5, 0.6) is 5.88 Å². The summed E-state index contributed by atoms with van der Waals surface area (Å²) < 4.78 is 34.9. The van der Waals surface area contributed by atoms with E-state index in [0.29, 0.717) is 6.54 Å². The van der Waals surface area contributed by atoms with Gasteiger partial charge in [-0.15, -0.1) is 0 Å². The van der Waals surface area contributed by atoms with Gasteiger partial charge in [-0.1, -0.05) is 11.6 Å². The lowest BCUT2D eigenvalue weighted by molar-refractivity contribution is 0.0926. The van der Waals surface area contributed by atoms with E-state index in [2.05, 4.69) is 20.6 Å². The average molecular weight is 473 g/mol. The van der Waals surface area contributed by atoms with Gasteiger partial charge in [0.15, 0.2) is 11.5 Å². The molecule has 8 nitrogen and oxygen atoms in total. The first-order chi connectivity index (χ1) is 15.9. The van der Waals surface area contributed by atoms with E-state index in [1.807, 2.05) is 0 Å². The van der Waals surface area contributed by atoms with Crippen LogP contribution in [0.25, 0.3) is 17.1 Å². The molecule has 4 rings (SSSR count). The summed E-state index contributed by atoms with van der Waals surface area (Å²) in [6.45, 7) is 1.50. The van der Waals surface area contributed by atoms with E-state index in [1.165, 1.54) is 30.0 Å². The summed E-state index contributed by atoms with van der Waals surface area (Å²) in [6, 6.07) is 6.64. The quantitative estimate of drug-likeness (QED) is 0.590. The van der Waals surface area contributed by atoms with Gasteiger partial charge in [0.1, 0.15) is 22.9 Å². The molecule has 3 heterocycles. The highest BCUT2D eigenvalue weighted by Crippen LogP contribution is 2.32. The van der Waals surface area contributed by atoms with Crippen LogP contribution in [0.4, 0.5) is 8.78 Å². The van der Waals surface area contributed by atoms with Crippen LogP contribution in [-0.2, 0) is 0 Å². The van der Waals surface area contributed by atoms with Gasteiger partial charge in [0, 0.05) is 24.2 Å². The maximum atomic E-state index is 14.4. The first-order valence-electron chi connectivity index (χ1n) is 10.1. The summed E-state index contributed by atoms with van der Waals surface area (Å²) in [5, 5.41) is 15.0. The molecular weight excluding hydrogens is 454 g/mol. The van der Waals surface area contributed by atoms with E-state index in [0.717, 1.165) is 31.5 Å². The molecule has 1 amide bonds. The molecule has 0 unspecified atom stereocenters. The van der Waals surface area contributed by atoms with Crippen molar-refractivity contribution in [2.24, 2.45) is 0 Å². The second-order valence-electron chi connectivity index (χ2n) is 7.42. The molecule has 33 heavy (non-hydrogen) atoms. The standard InChI is InChI=1S/C22H19ClF2N6O2/c1-33-22-17(25)8-15(11-28-22)31-19(23)18(21(32)29-14-3-2-6-27-10-14)30-20(31)12-4-5-13(9-26)16(24)7-12/h4-5,7-8,11,14,27H,2-3,6,10H2,1H3,(H,29,32)/t14-/m1/s1. The highest BCUT2D eigenvalue weighted by Gasteiger charge is 2.26. The van der Waals surface area contributed by atoms with Gasteiger partial charge in [-0.05, 0) is 37.6 Å². The zero-order valence-corrected chi connectivity index (χ0v) is 18.3. The Morgan fingerprint density at radius 1 is 1.36 bits per heavy atom. The molecule has 0 saturated carbocycles. The normalized spacial score (nSPS) is 15.7. The number of imidazole rings is 1. The number of benzene rings is 1. The summed E-state index contributed by atoms with van der Waals surface area (Å²) in [5.74, 6) is -2.16. The SMILES string of the molecule is COc1ncc(-n2c(-c3ccc(C#N)c(F)c3)nc(C(=O)N[C@@H]3CCCNC3)c2Cl)cc1F. The van der Waals surface area contributed by atoms with Crippen LogP contribution in [-0.4, -0.2) is 46.7 Å². The molecule has 0 aliphatic carbocycles. The third-order valence-corrected chi connectivity index (χ3v) is 5.61. The van der Waals surface area contributed by atoms with Gasteiger partial charge in [-0.3, -0.25) is 9.36 Å². The molecule has 11 heteroatoms. The number of hydrogen-bond acceptors (Lipinski definition) is 6. The summed E-state index contributed by atoms with van der Waals surface area (Å²) in [7, 11) is 1.28. The van der Waals surface area contributed by atoms with Gasteiger partial charge in [0.25, 0.3) is 5.91 Å². The molecule has 0 radical (unpaired) electrons. The minimum absolute atomic E-state index is 0.0849. The van der Waals surface area contributed by atoms with Crippen LogP contribution in [0.2, 0.25) is 5.15 Å². The van der Waals surface area contributed by atoms with Crippen LogP contribution >= 0.6 is 11.6 Å². The number of aromatic nitrogens is 3. The van der Waals surface area contributed by atoms with Crippen molar-refractivity contribution in [3.8, 4) is 29.0 Å². The number of halogens is 3. The number of nitrogens with zero attached hydrogens (tertiary/aromatic N) is 4. The minimum atomic E-state index is -0.765. The van der Waals surface area contributed by atoms with Gasteiger partial charge in [-0.25, -0.2) is 18.7 Å². The second-order valence-corrected chi connectivity index (χ2v) is 7.78. The second kappa shape index (κ2) is 9.52. The van der Waals surface area contributed by atoms with Crippen LogP contribution in [0, 0.1) is 23.0 Å². The third kappa shape index (κ3) is 4.51. The van der Waals surface area contributed by atoms with Gasteiger partial charge in [-0.2, -0.15) is 5.26 Å². The molecule has 1 aromatic carbocycles. The highest BCUT2D eigenvalue weighted by molar-refractivity contribution is 6.33. The van der Waals surface area contributed by atoms with Crippen molar-refractivity contribution in [2.75, 3.05) is 20.2 Å². The molecule has 1 aliphatic rings. The first-order valence-corrected chi connectivity index (χ1v) is 10.5. The van der Waals surface area contributed by atoms with Gasteiger partial charge in [0.05, 0.1) is 24.6 Å². The number of hydrogen-bond donors (Lipinski definition) is 2. The number of pyridine rings is 1. The highest BCUT2D eigenvalue weighted by atomic mass is 35.5. The number of nitriles is 1. The Labute approximate surface area is 193 Å². The number of carbonyl (C=O) groups is 1. The van der Waals surface area contributed by atoms with Gasteiger partial charge < -0.3 is 15.4 Å². The van der Waals surface area contributed by atoms with E-state index in [1.54, 1.807) is 6.07 Å². The molecule has 0 spiro atoms. The third-order valence-electron chi connectivity index (χ3n) is 5.26.